The van der Waals surface area contributed by atoms with Crippen LogP contribution >= 0.6 is 22.9 Å². The standard InChI is InChI=1S/C16H17ClN4OS/c17-11-3-7-23-12(11)14(22)21-6-1-4-16(9-21)5-2-10-8-19-15(18)20-13(10)16/h3,7-8H,1-2,4-6,9H2,(H2,18,19,20). The number of rotatable bonds is 1. The predicted octanol–water partition coefficient (Wildman–Crippen LogP) is 2.89. The van der Waals surface area contributed by atoms with Crippen molar-refractivity contribution in [1.82, 2.24) is 14.9 Å². The molecule has 1 spiro atoms. The fourth-order valence-corrected chi connectivity index (χ4v) is 4.95. The van der Waals surface area contributed by atoms with Crippen molar-refractivity contribution in [2.45, 2.75) is 31.1 Å². The minimum absolute atomic E-state index is 0.0274. The van der Waals surface area contributed by atoms with E-state index in [4.69, 9.17) is 17.3 Å². The number of nitrogen functional groups attached to an aromatic ring is 1. The summed E-state index contributed by atoms with van der Waals surface area (Å²) in [4.78, 5) is 24.0. The maximum Gasteiger partial charge on any atom is 0.265 e. The van der Waals surface area contributed by atoms with Gasteiger partial charge in [0.2, 0.25) is 5.95 Å². The zero-order valence-electron chi connectivity index (χ0n) is 12.6. The average molecular weight is 349 g/mol. The molecule has 2 aliphatic rings. The quantitative estimate of drug-likeness (QED) is 0.860. The number of anilines is 1. The van der Waals surface area contributed by atoms with Crippen molar-refractivity contribution >= 4 is 34.8 Å². The maximum atomic E-state index is 12.8. The number of hydrogen-bond donors (Lipinski definition) is 1. The predicted molar refractivity (Wildman–Crippen MR) is 90.9 cm³/mol. The van der Waals surface area contributed by atoms with Gasteiger partial charge in [0.1, 0.15) is 4.88 Å². The van der Waals surface area contributed by atoms with Crippen molar-refractivity contribution in [3.05, 3.63) is 38.8 Å². The van der Waals surface area contributed by atoms with Crippen molar-refractivity contribution < 1.29 is 4.79 Å². The Morgan fingerprint density at radius 3 is 3.09 bits per heavy atom. The van der Waals surface area contributed by atoms with Crippen LogP contribution in [0.15, 0.2) is 17.6 Å². The zero-order valence-corrected chi connectivity index (χ0v) is 14.2. The van der Waals surface area contributed by atoms with E-state index in [0.717, 1.165) is 37.9 Å². The monoisotopic (exact) mass is 348 g/mol. The summed E-state index contributed by atoms with van der Waals surface area (Å²) in [6, 6.07) is 1.78. The van der Waals surface area contributed by atoms with Gasteiger partial charge < -0.3 is 10.6 Å². The Morgan fingerprint density at radius 1 is 1.43 bits per heavy atom. The lowest BCUT2D eigenvalue weighted by Crippen LogP contribution is -2.47. The first-order valence-electron chi connectivity index (χ1n) is 7.73. The van der Waals surface area contributed by atoms with Crippen molar-refractivity contribution in [2.75, 3.05) is 18.8 Å². The first-order chi connectivity index (χ1) is 11.1. The molecule has 1 fully saturated rings. The summed E-state index contributed by atoms with van der Waals surface area (Å²) >= 11 is 7.53. The molecule has 2 aromatic rings. The molecule has 1 aliphatic carbocycles. The number of carbonyl (C=O) groups excluding carboxylic acids is 1. The van der Waals surface area contributed by atoms with Gasteiger partial charge in [-0.25, -0.2) is 9.97 Å². The lowest BCUT2D eigenvalue weighted by atomic mass is 9.77. The molecule has 0 bridgehead atoms. The molecule has 0 radical (unpaired) electrons. The molecule has 4 rings (SSSR count). The number of amides is 1. The number of aryl methyl sites for hydroxylation is 1. The van der Waals surface area contributed by atoms with Gasteiger partial charge in [0.05, 0.1) is 10.7 Å². The molecule has 0 aromatic carbocycles. The second kappa shape index (κ2) is 5.46. The van der Waals surface area contributed by atoms with E-state index in [-0.39, 0.29) is 11.3 Å². The van der Waals surface area contributed by atoms with Gasteiger partial charge in [-0.15, -0.1) is 11.3 Å². The van der Waals surface area contributed by atoms with E-state index < -0.39 is 0 Å². The van der Waals surface area contributed by atoms with Crippen molar-refractivity contribution in [1.29, 1.82) is 0 Å². The molecule has 5 nitrogen and oxygen atoms in total. The van der Waals surface area contributed by atoms with Crippen LogP contribution in [0.4, 0.5) is 5.95 Å². The number of hydrogen-bond acceptors (Lipinski definition) is 5. The van der Waals surface area contributed by atoms with E-state index in [1.807, 2.05) is 16.5 Å². The highest BCUT2D eigenvalue weighted by molar-refractivity contribution is 7.12. The Hall–Kier alpha value is -1.66. The fourth-order valence-electron chi connectivity index (χ4n) is 3.85. The lowest BCUT2D eigenvalue weighted by Gasteiger charge is -2.40. The van der Waals surface area contributed by atoms with Crippen LogP contribution < -0.4 is 5.73 Å². The average Bonchev–Trinajstić information content (AvgIpc) is 3.12. The van der Waals surface area contributed by atoms with Crippen LogP contribution in [0.3, 0.4) is 0 Å². The van der Waals surface area contributed by atoms with Gasteiger partial charge in [-0.05, 0) is 42.7 Å². The van der Waals surface area contributed by atoms with Gasteiger partial charge in [-0.1, -0.05) is 11.6 Å². The summed E-state index contributed by atoms with van der Waals surface area (Å²) in [5.74, 6) is 0.342. The van der Waals surface area contributed by atoms with Crippen LogP contribution in [0.5, 0.6) is 0 Å². The molecule has 0 saturated carbocycles. The molecule has 1 atom stereocenters. The minimum Gasteiger partial charge on any atom is -0.368 e. The first kappa shape index (κ1) is 14.9. The Labute approximate surface area is 143 Å². The molecule has 1 saturated heterocycles. The number of nitrogens with two attached hydrogens (primary N) is 1. The molecule has 1 unspecified atom stereocenters. The van der Waals surface area contributed by atoms with Crippen molar-refractivity contribution in [3.63, 3.8) is 0 Å². The Kier molecular flexibility index (Phi) is 3.54. The van der Waals surface area contributed by atoms with E-state index in [1.165, 1.54) is 16.9 Å². The third-order valence-electron chi connectivity index (χ3n) is 4.93. The smallest absolute Gasteiger partial charge is 0.265 e. The normalized spacial score (nSPS) is 23.3. The second-order valence-corrected chi connectivity index (χ2v) is 7.63. The number of nitrogens with zero attached hydrogens (tertiary/aromatic N) is 3. The molecule has 2 N–H and O–H groups in total. The van der Waals surface area contributed by atoms with Crippen LogP contribution in [-0.4, -0.2) is 33.9 Å². The SMILES string of the molecule is Nc1ncc2c(n1)C1(CCCN(C(=O)c3sccc3Cl)C1)CC2. The van der Waals surface area contributed by atoms with Crippen LogP contribution in [0.1, 0.15) is 40.2 Å². The number of carbonyl (C=O) groups is 1. The van der Waals surface area contributed by atoms with Crippen molar-refractivity contribution in [2.24, 2.45) is 0 Å². The van der Waals surface area contributed by atoms with Crippen LogP contribution in [0.2, 0.25) is 5.02 Å². The van der Waals surface area contributed by atoms with Crippen LogP contribution in [-0.2, 0) is 11.8 Å². The summed E-state index contributed by atoms with van der Waals surface area (Å²) < 4.78 is 0. The molecule has 1 aliphatic heterocycles. The summed E-state index contributed by atoms with van der Waals surface area (Å²) in [6.07, 6.45) is 5.81. The topological polar surface area (TPSA) is 72.1 Å². The Bertz CT molecular complexity index is 773. The molecule has 120 valence electrons. The van der Waals surface area contributed by atoms with Gasteiger partial charge in [0.15, 0.2) is 0 Å². The third kappa shape index (κ3) is 2.40. The second-order valence-electron chi connectivity index (χ2n) is 6.31. The maximum absolute atomic E-state index is 12.8. The highest BCUT2D eigenvalue weighted by atomic mass is 35.5. The fraction of sp³-hybridized carbons (Fsp3) is 0.438. The third-order valence-corrected chi connectivity index (χ3v) is 6.26. The van der Waals surface area contributed by atoms with E-state index >= 15 is 0 Å². The van der Waals surface area contributed by atoms with Gasteiger partial charge >= 0.3 is 0 Å². The van der Waals surface area contributed by atoms with E-state index in [0.29, 0.717) is 22.4 Å². The Morgan fingerprint density at radius 2 is 2.30 bits per heavy atom. The molecule has 7 heteroatoms. The van der Waals surface area contributed by atoms with E-state index in [9.17, 15) is 4.79 Å². The molecule has 3 heterocycles. The summed E-state index contributed by atoms with van der Waals surface area (Å²) in [5.41, 5.74) is 7.93. The van der Waals surface area contributed by atoms with Crippen LogP contribution in [0, 0.1) is 0 Å². The molecule has 2 aromatic heterocycles. The van der Waals surface area contributed by atoms with Gasteiger partial charge in [0, 0.05) is 24.7 Å². The zero-order chi connectivity index (χ0) is 16.0. The summed E-state index contributed by atoms with van der Waals surface area (Å²) in [6.45, 7) is 1.45. The number of fused-ring (bicyclic) bond motifs is 2. The number of aromatic nitrogens is 2. The molecule has 1 amide bonds. The highest BCUT2D eigenvalue weighted by Gasteiger charge is 2.45. The highest BCUT2D eigenvalue weighted by Crippen LogP contribution is 2.44. The van der Waals surface area contributed by atoms with Gasteiger partial charge in [0.25, 0.3) is 5.91 Å². The lowest BCUT2D eigenvalue weighted by molar-refractivity contribution is 0.0638. The molecule has 23 heavy (non-hydrogen) atoms. The summed E-state index contributed by atoms with van der Waals surface area (Å²) in [7, 11) is 0. The number of likely N-dealkylation sites (tertiary alicyclic amines) is 1. The minimum atomic E-state index is -0.0793. The number of thiophene rings is 1. The first-order valence-corrected chi connectivity index (χ1v) is 8.99. The summed E-state index contributed by atoms with van der Waals surface area (Å²) in [5, 5.41) is 2.40. The largest absolute Gasteiger partial charge is 0.368 e. The number of halogens is 1. The van der Waals surface area contributed by atoms with Crippen LogP contribution in [0.25, 0.3) is 0 Å². The van der Waals surface area contributed by atoms with Gasteiger partial charge in [-0.3, -0.25) is 4.79 Å². The van der Waals surface area contributed by atoms with E-state index in [2.05, 4.69) is 9.97 Å². The van der Waals surface area contributed by atoms with Crippen molar-refractivity contribution in [3.8, 4) is 0 Å². The number of piperidine rings is 1. The molecular weight excluding hydrogens is 332 g/mol. The van der Waals surface area contributed by atoms with E-state index in [1.54, 1.807) is 6.07 Å². The van der Waals surface area contributed by atoms with Gasteiger partial charge in [-0.2, -0.15) is 0 Å². The molecular formula is C16H17ClN4OS. The Balaban J connectivity index is 1.65.